The number of rotatable bonds is 4. The predicted octanol–water partition coefficient (Wildman–Crippen LogP) is 2.14. The standard InChI is InChI=1S/C8H18N6.2ClH/c1-5(2)7(9)11-13-14-12-8(10)6(3)4;;/h5-6H,1-4H3,(H2,9,11,14)(H2,10,12,13);2*1H. The van der Waals surface area contributed by atoms with Crippen molar-refractivity contribution in [3.8, 4) is 0 Å². The topological polar surface area (TPSA) is 101 Å². The fraction of sp³-hybridized carbons (Fsp3) is 0.750. The quantitative estimate of drug-likeness (QED) is 0.354. The molecule has 4 N–H and O–H groups in total. The molecule has 0 aromatic rings. The highest BCUT2D eigenvalue weighted by atomic mass is 35.5. The molecule has 8 heteroatoms. The van der Waals surface area contributed by atoms with Crippen molar-refractivity contribution in [3.05, 3.63) is 0 Å². The fourth-order valence-electron chi connectivity index (χ4n) is 0.374. The Bertz CT molecular complexity index is 233. The van der Waals surface area contributed by atoms with Crippen LogP contribution in [0, 0.1) is 11.8 Å². The second-order valence-corrected chi connectivity index (χ2v) is 3.54. The van der Waals surface area contributed by atoms with Crippen molar-refractivity contribution in [2.75, 3.05) is 0 Å². The van der Waals surface area contributed by atoms with Crippen LogP contribution in [-0.2, 0) is 0 Å². The van der Waals surface area contributed by atoms with E-state index in [-0.39, 0.29) is 36.6 Å². The highest BCUT2D eigenvalue weighted by Gasteiger charge is 1.98. The Kier molecular flexibility index (Phi) is 13.6. The first-order chi connectivity index (χ1) is 6.45. The maximum Gasteiger partial charge on any atom is 0.126 e. The van der Waals surface area contributed by atoms with Crippen LogP contribution in [0.2, 0.25) is 0 Å². The number of halogens is 2. The predicted molar refractivity (Wildman–Crippen MR) is 72.3 cm³/mol. The maximum absolute atomic E-state index is 5.51. The van der Waals surface area contributed by atoms with Crippen LogP contribution >= 0.6 is 24.8 Å². The van der Waals surface area contributed by atoms with E-state index in [4.69, 9.17) is 11.5 Å². The molecule has 0 heterocycles. The fourth-order valence-corrected chi connectivity index (χ4v) is 0.374. The molecule has 0 amide bonds. The number of nitrogens with two attached hydrogens (primary N) is 2. The zero-order valence-electron chi connectivity index (χ0n) is 9.91. The second kappa shape index (κ2) is 10.6. The molecule has 6 nitrogen and oxygen atoms in total. The number of amidine groups is 2. The van der Waals surface area contributed by atoms with E-state index in [1.54, 1.807) is 0 Å². The third kappa shape index (κ3) is 9.67. The van der Waals surface area contributed by atoms with E-state index in [2.05, 4.69) is 20.6 Å². The molecule has 0 rings (SSSR count). The van der Waals surface area contributed by atoms with Gasteiger partial charge in [-0.3, -0.25) is 0 Å². The van der Waals surface area contributed by atoms with Crippen molar-refractivity contribution in [2.24, 2.45) is 44.0 Å². The molecule has 0 aliphatic heterocycles. The average molecular weight is 271 g/mol. The molecule has 0 fully saturated rings. The summed E-state index contributed by atoms with van der Waals surface area (Å²) in [5, 5.41) is 14.2. The average Bonchev–Trinajstić information content (AvgIpc) is 2.11. The molecular weight excluding hydrogens is 251 g/mol. The van der Waals surface area contributed by atoms with Gasteiger partial charge in [-0.05, 0) is 10.4 Å². The van der Waals surface area contributed by atoms with Crippen LogP contribution in [0.5, 0.6) is 0 Å². The minimum absolute atomic E-state index is 0. The Morgan fingerprint density at radius 1 is 0.750 bits per heavy atom. The van der Waals surface area contributed by atoms with E-state index in [1.807, 2.05) is 27.7 Å². The van der Waals surface area contributed by atoms with Crippen LogP contribution in [0.4, 0.5) is 0 Å². The summed E-state index contributed by atoms with van der Waals surface area (Å²) in [6, 6.07) is 0. The Balaban J connectivity index is -0.000000845. The summed E-state index contributed by atoms with van der Waals surface area (Å²) in [4.78, 5) is 0. The molecule has 0 bridgehead atoms. The molecule has 0 unspecified atom stereocenters. The zero-order valence-corrected chi connectivity index (χ0v) is 11.5. The van der Waals surface area contributed by atoms with Crippen molar-refractivity contribution in [1.82, 2.24) is 0 Å². The van der Waals surface area contributed by atoms with Crippen LogP contribution in [-0.4, -0.2) is 11.7 Å². The SMILES string of the molecule is CC(C)C(N)=NN=NN=C(N)C(C)C.Cl.Cl. The van der Waals surface area contributed by atoms with Crippen LogP contribution in [0.1, 0.15) is 27.7 Å². The van der Waals surface area contributed by atoms with Crippen LogP contribution in [0.15, 0.2) is 20.6 Å². The van der Waals surface area contributed by atoms with Crippen molar-refractivity contribution in [2.45, 2.75) is 27.7 Å². The minimum Gasteiger partial charge on any atom is -0.385 e. The van der Waals surface area contributed by atoms with Gasteiger partial charge in [-0.25, -0.2) is 0 Å². The van der Waals surface area contributed by atoms with E-state index in [0.717, 1.165) is 0 Å². The van der Waals surface area contributed by atoms with Crippen molar-refractivity contribution in [1.29, 1.82) is 0 Å². The van der Waals surface area contributed by atoms with Crippen molar-refractivity contribution >= 4 is 36.5 Å². The lowest BCUT2D eigenvalue weighted by atomic mass is 10.2. The van der Waals surface area contributed by atoms with Gasteiger partial charge in [0.15, 0.2) is 0 Å². The summed E-state index contributed by atoms with van der Waals surface area (Å²) in [6.45, 7) is 7.67. The molecule has 0 saturated carbocycles. The molecule has 0 aliphatic rings. The number of hydrogen-bond donors (Lipinski definition) is 2. The van der Waals surface area contributed by atoms with Gasteiger partial charge in [0.1, 0.15) is 11.7 Å². The Morgan fingerprint density at radius 2 is 1.00 bits per heavy atom. The lowest BCUT2D eigenvalue weighted by Gasteiger charge is -1.99. The molecule has 0 aromatic heterocycles. The Hall–Kier alpha value is -0.880. The van der Waals surface area contributed by atoms with Gasteiger partial charge in [-0.2, -0.15) is 0 Å². The van der Waals surface area contributed by atoms with Gasteiger partial charge in [0.25, 0.3) is 0 Å². The molecule has 0 radical (unpaired) electrons. The van der Waals surface area contributed by atoms with Gasteiger partial charge >= 0.3 is 0 Å². The second-order valence-electron chi connectivity index (χ2n) is 3.54. The Labute approximate surface area is 108 Å². The van der Waals surface area contributed by atoms with E-state index >= 15 is 0 Å². The van der Waals surface area contributed by atoms with Crippen LogP contribution < -0.4 is 11.5 Å². The lowest BCUT2D eigenvalue weighted by molar-refractivity contribution is 0.829. The maximum atomic E-state index is 5.51. The molecule has 0 aromatic carbocycles. The first-order valence-electron chi connectivity index (χ1n) is 4.51. The molecule has 16 heavy (non-hydrogen) atoms. The number of nitrogens with zero attached hydrogens (tertiary/aromatic N) is 4. The highest BCUT2D eigenvalue weighted by Crippen LogP contribution is 1.94. The molecule has 96 valence electrons. The first-order valence-corrected chi connectivity index (χ1v) is 4.51. The van der Waals surface area contributed by atoms with Crippen LogP contribution in [0.25, 0.3) is 0 Å². The van der Waals surface area contributed by atoms with Gasteiger partial charge in [0, 0.05) is 11.8 Å². The summed E-state index contributed by atoms with van der Waals surface area (Å²) < 4.78 is 0. The van der Waals surface area contributed by atoms with E-state index in [1.165, 1.54) is 0 Å². The molecule has 0 atom stereocenters. The normalized spacial score (nSPS) is 12.9. The third-order valence-electron chi connectivity index (χ3n) is 1.54. The highest BCUT2D eigenvalue weighted by molar-refractivity contribution is 5.85. The third-order valence-corrected chi connectivity index (χ3v) is 1.54. The van der Waals surface area contributed by atoms with Crippen LogP contribution in [0.3, 0.4) is 0 Å². The van der Waals surface area contributed by atoms with E-state index in [0.29, 0.717) is 11.7 Å². The van der Waals surface area contributed by atoms with E-state index < -0.39 is 0 Å². The van der Waals surface area contributed by atoms with Gasteiger partial charge in [0.05, 0.1) is 0 Å². The summed E-state index contributed by atoms with van der Waals surface area (Å²) in [7, 11) is 0. The molecule has 0 saturated heterocycles. The van der Waals surface area contributed by atoms with Crippen molar-refractivity contribution in [3.63, 3.8) is 0 Å². The lowest BCUT2D eigenvalue weighted by Crippen LogP contribution is -2.18. The summed E-state index contributed by atoms with van der Waals surface area (Å²) in [5.74, 6) is 1.15. The smallest absolute Gasteiger partial charge is 0.126 e. The first kappa shape index (κ1) is 20.5. The monoisotopic (exact) mass is 270 g/mol. The molecule has 0 aliphatic carbocycles. The number of hydrogen-bond acceptors (Lipinski definition) is 2. The summed E-state index contributed by atoms with van der Waals surface area (Å²) >= 11 is 0. The summed E-state index contributed by atoms with van der Waals surface area (Å²) in [6.07, 6.45) is 0. The summed E-state index contributed by atoms with van der Waals surface area (Å²) in [5.41, 5.74) is 11.0. The van der Waals surface area contributed by atoms with E-state index in [9.17, 15) is 0 Å². The Morgan fingerprint density at radius 3 is 1.19 bits per heavy atom. The largest absolute Gasteiger partial charge is 0.385 e. The van der Waals surface area contributed by atoms with Crippen molar-refractivity contribution < 1.29 is 0 Å². The molecular formula is C8H20Cl2N6. The van der Waals surface area contributed by atoms with Gasteiger partial charge in [-0.15, -0.1) is 35.0 Å². The van der Waals surface area contributed by atoms with Gasteiger partial charge in [0.2, 0.25) is 0 Å². The van der Waals surface area contributed by atoms with Gasteiger partial charge < -0.3 is 11.5 Å². The zero-order chi connectivity index (χ0) is 11.1. The minimum atomic E-state index is 0. The molecule has 0 spiro atoms. The van der Waals surface area contributed by atoms with Gasteiger partial charge in [-0.1, -0.05) is 27.7 Å².